The van der Waals surface area contributed by atoms with Gasteiger partial charge in [-0.2, -0.15) is 0 Å². The first-order chi connectivity index (χ1) is 16.3. The second kappa shape index (κ2) is 9.48. The molecule has 4 rings (SSSR count). The highest BCUT2D eigenvalue weighted by Crippen LogP contribution is 2.36. The Labute approximate surface area is 199 Å². The minimum absolute atomic E-state index is 0.232. The average Bonchev–Trinajstić information content (AvgIpc) is 3.12. The van der Waals surface area contributed by atoms with Crippen molar-refractivity contribution in [2.45, 2.75) is 19.9 Å². The third-order valence-corrected chi connectivity index (χ3v) is 6.26. The summed E-state index contributed by atoms with van der Waals surface area (Å²) in [6.45, 7) is 3.00. The molecule has 0 bridgehead atoms. The molecule has 0 aliphatic carbocycles. The first kappa shape index (κ1) is 23.2. The van der Waals surface area contributed by atoms with E-state index in [2.05, 4.69) is 4.99 Å². The van der Waals surface area contributed by atoms with Crippen molar-refractivity contribution in [1.29, 1.82) is 0 Å². The molecule has 1 aliphatic rings. The van der Waals surface area contributed by atoms with Gasteiger partial charge in [0.2, 0.25) is 0 Å². The minimum atomic E-state index is -0.804. The Kier molecular flexibility index (Phi) is 6.47. The molecule has 0 amide bonds. The van der Waals surface area contributed by atoms with Crippen molar-refractivity contribution in [2.75, 3.05) is 14.2 Å². The Hall–Kier alpha value is -3.98. The number of rotatable bonds is 5. The number of esters is 2. The van der Waals surface area contributed by atoms with Crippen molar-refractivity contribution < 1.29 is 23.8 Å². The van der Waals surface area contributed by atoms with E-state index in [1.54, 1.807) is 31.2 Å². The topological polar surface area (TPSA) is 96.2 Å². The maximum Gasteiger partial charge on any atom is 0.338 e. The predicted octanol–water partition coefficient (Wildman–Crippen LogP) is 2.34. The molecule has 0 saturated carbocycles. The standard InChI is InChI=1S/C25H22N2O6S/c1-14-21(24(30)32-4)22(17-10-11-18(33-15(2)28)19(13-17)31-3)27-23(29)20(34-25(27)26-14)12-16-8-6-5-7-9-16/h5-13,22H,1-4H3/b20-12+. The number of hydrogen-bond acceptors (Lipinski definition) is 8. The monoisotopic (exact) mass is 478 g/mol. The fraction of sp³-hybridized carbons (Fsp3) is 0.200. The average molecular weight is 479 g/mol. The van der Waals surface area contributed by atoms with Crippen LogP contribution in [0.3, 0.4) is 0 Å². The number of carbonyl (C=O) groups is 2. The van der Waals surface area contributed by atoms with Gasteiger partial charge in [-0.1, -0.05) is 47.7 Å². The van der Waals surface area contributed by atoms with Crippen molar-refractivity contribution in [3.63, 3.8) is 0 Å². The molecule has 3 aromatic rings. The Morgan fingerprint density at radius 2 is 1.82 bits per heavy atom. The maximum absolute atomic E-state index is 13.5. The van der Waals surface area contributed by atoms with Gasteiger partial charge in [0.05, 0.1) is 36.1 Å². The van der Waals surface area contributed by atoms with Crippen LogP contribution in [0.25, 0.3) is 6.08 Å². The van der Waals surface area contributed by atoms with Crippen LogP contribution in [0, 0.1) is 0 Å². The van der Waals surface area contributed by atoms with Gasteiger partial charge in [0.15, 0.2) is 16.3 Å². The van der Waals surface area contributed by atoms with E-state index in [0.29, 0.717) is 20.6 Å². The van der Waals surface area contributed by atoms with E-state index in [1.807, 2.05) is 30.3 Å². The molecule has 1 atom stereocenters. The summed E-state index contributed by atoms with van der Waals surface area (Å²) < 4.78 is 17.6. The fourth-order valence-electron chi connectivity index (χ4n) is 3.80. The Morgan fingerprint density at radius 3 is 2.47 bits per heavy atom. The summed E-state index contributed by atoms with van der Waals surface area (Å²) in [5.74, 6) is -0.564. The van der Waals surface area contributed by atoms with E-state index < -0.39 is 18.0 Å². The SMILES string of the molecule is COC(=O)C1=C(C)N=c2s/c(=C/c3ccccc3)c(=O)n2C1c1ccc(OC(C)=O)c(OC)c1. The number of benzene rings is 2. The van der Waals surface area contributed by atoms with Crippen molar-refractivity contribution >= 4 is 29.4 Å². The van der Waals surface area contributed by atoms with Crippen molar-refractivity contribution in [2.24, 2.45) is 4.99 Å². The molecule has 1 aliphatic heterocycles. The summed E-state index contributed by atoms with van der Waals surface area (Å²) in [6.07, 6.45) is 1.79. The summed E-state index contributed by atoms with van der Waals surface area (Å²) in [4.78, 5) is 42.8. The minimum Gasteiger partial charge on any atom is -0.493 e. The van der Waals surface area contributed by atoms with Crippen LogP contribution in [-0.4, -0.2) is 30.7 Å². The first-order valence-electron chi connectivity index (χ1n) is 10.4. The number of fused-ring (bicyclic) bond motifs is 1. The van der Waals surface area contributed by atoms with Crippen molar-refractivity contribution in [3.8, 4) is 11.5 Å². The van der Waals surface area contributed by atoms with Gasteiger partial charge in [0.1, 0.15) is 0 Å². The van der Waals surface area contributed by atoms with Gasteiger partial charge in [0.25, 0.3) is 5.56 Å². The third kappa shape index (κ3) is 4.29. The summed E-state index contributed by atoms with van der Waals surface area (Å²) in [5, 5.41) is 0. The molecule has 34 heavy (non-hydrogen) atoms. The molecule has 9 heteroatoms. The molecule has 8 nitrogen and oxygen atoms in total. The highest BCUT2D eigenvalue weighted by molar-refractivity contribution is 7.07. The number of nitrogens with zero attached hydrogens (tertiary/aromatic N) is 2. The first-order valence-corrected chi connectivity index (χ1v) is 11.2. The molecule has 1 aromatic heterocycles. The van der Waals surface area contributed by atoms with Crippen LogP contribution in [0.1, 0.15) is 31.0 Å². The highest BCUT2D eigenvalue weighted by Gasteiger charge is 2.33. The lowest BCUT2D eigenvalue weighted by atomic mass is 9.95. The van der Waals surface area contributed by atoms with Crippen molar-refractivity contribution in [1.82, 2.24) is 4.57 Å². The van der Waals surface area contributed by atoms with Gasteiger partial charge in [-0.25, -0.2) is 9.79 Å². The zero-order chi connectivity index (χ0) is 24.4. The van der Waals surface area contributed by atoms with E-state index in [0.717, 1.165) is 5.56 Å². The molecule has 0 spiro atoms. The molecule has 0 N–H and O–H groups in total. The number of aromatic nitrogens is 1. The van der Waals surface area contributed by atoms with Gasteiger partial charge < -0.3 is 14.2 Å². The Bertz CT molecular complexity index is 1480. The lowest BCUT2D eigenvalue weighted by Crippen LogP contribution is -2.39. The van der Waals surface area contributed by atoms with Crippen LogP contribution in [0.2, 0.25) is 0 Å². The summed E-state index contributed by atoms with van der Waals surface area (Å²) in [6, 6.07) is 13.6. The van der Waals surface area contributed by atoms with Gasteiger partial charge >= 0.3 is 11.9 Å². The zero-order valence-corrected chi connectivity index (χ0v) is 19.8. The van der Waals surface area contributed by atoms with Crippen LogP contribution in [0.5, 0.6) is 11.5 Å². The quantitative estimate of drug-likeness (QED) is 0.413. The molecule has 0 saturated heterocycles. The van der Waals surface area contributed by atoms with Crippen LogP contribution < -0.4 is 24.4 Å². The number of hydrogen-bond donors (Lipinski definition) is 0. The predicted molar refractivity (Wildman–Crippen MR) is 127 cm³/mol. The van der Waals surface area contributed by atoms with Crippen molar-refractivity contribution in [3.05, 3.63) is 90.6 Å². The Morgan fingerprint density at radius 1 is 1.09 bits per heavy atom. The summed E-state index contributed by atoms with van der Waals surface area (Å²) in [5.41, 5.74) is 1.86. The van der Waals surface area contributed by atoms with Gasteiger partial charge in [-0.3, -0.25) is 14.2 Å². The van der Waals surface area contributed by atoms with E-state index >= 15 is 0 Å². The smallest absolute Gasteiger partial charge is 0.338 e. The molecular weight excluding hydrogens is 456 g/mol. The summed E-state index contributed by atoms with van der Waals surface area (Å²) >= 11 is 1.24. The number of ether oxygens (including phenoxy) is 3. The van der Waals surface area contributed by atoms with E-state index in [4.69, 9.17) is 14.2 Å². The second-order valence-electron chi connectivity index (χ2n) is 7.49. The van der Waals surface area contributed by atoms with E-state index in [1.165, 1.54) is 37.0 Å². The molecule has 0 radical (unpaired) electrons. The van der Waals surface area contributed by atoms with Gasteiger partial charge in [0, 0.05) is 6.92 Å². The number of allylic oxidation sites excluding steroid dienone is 1. The van der Waals surface area contributed by atoms with E-state index in [9.17, 15) is 14.4 Å². The normalized spacial score (nSPS) is 15.4. The molecule has 2 heterocycles. The van der Waals surface area contributed by atoms with Crippen LogP contribution in [-0.2, 0) is 14.3 Å². The van der Waals surface area contributed by atoms with Crippen LogP contribution in [0.15, 0.2) is 69.6 Å². The maximum atomic E-state index is 13.5. The molecule has 1 unspecified atom stereocenters. The van der Waals surface area contributed by atoms with Gasteiger partial charge in [-0.15, -0.1) is 0 Å². The number of carbonyl (C=O) groups excluding carboxylic acids is 2. The largest absolute Gasteiger partial charge is 0.493 e. The third-order valence-electron chi connectivity index (χ3n) is 5.28. The lowest BCUT2D eigenvalue weighted by Gasteiger charge is -2.25. The summed E-state index contributed by atoms with van der Waals surface area (Å²) in [7, 11) is 2.73. The highest BCUT2D eigenvalue weighted by atomic mass is 32.1. The van der Waals surface area contributed by atoms with E-state index in [-0.39, 0.29) is 22.6 Å². The molecule has 2 aromatic carbocycles. The molecular formula is C25H22N2O6S. The molecule has 0 fully saturated rings. The zero-order valence-electron chi connectivity index (χ0n) is 19.0. The van der Waals surface area contributed by atoms with Crippen LogP contribution in [0.4, 0.5) is 0 Å². The number of thiazole rings is 1. The number of methoxy groups -OCH3 is 2. The Balaban J connectivity index is 1.96. The van der Waals surface area contributed by atoms with Gasteiger partial charge in [-0.05, 0) is 36.3 Å². The lowest BCUT2D eigenvalue weighted by molar-refractivity contribution is -0.136. The van der Waals surface area contributed by atoms with Crippen LogP contribution >= 0.6 is 11.3 Å². The second-order valence-corrected chi connectivity index (χ2v) is 8.50. The fourth-order valence-corrected chi connectivity index (χ4v) is 4.85. The molecule has 174 valence electrons.